The fraction of sp³-hybridized carbons (Fsp3) is 0.462. The molecule has 0 aromatic carbocycles. The van der Waals surface area contributed by atoms with Crippen LogP contribution < -0.4 is 10.6 Å². The van der Waals surface area contributed by atoms with Gasteiger partial charge in [-0.2, -0.15) is 0 Å². The van der Waals surface area contributed by atoms with Gasteiger partial charge in [0.2, 0.25) is 0 Å². The molecular formula is C13H17N3O3S. The molecule has 0 aliphatic heterocycles. The predicted molar refractivity (Wildman–Crippen MR) is 76.9 cm³/mol. The van der Waals surface area contributed by atoms with E-state index in [9.17, 15) is 9.59 Å². The van der Waals surface area contributed by atoms with Gasteiger partial charge in [0.1, 0.15) is 0 Å². The van der Waals surface area contributed by atoms with Crippen molar-refractivity contribution in [2.24, 2.45) is 0 Å². The molecule has 0 radical (unpaired) electrons. The number of carbonyl (C=O) groups excluding carboxylic acids is 1. The van der Waals surface area contributed by atoms with Gasteiger partial charge in [-0.3, -0.25) is 0 Å². The summed E-state index contributed by atoms with van der Waals surface area (Å²) < 4.78 is 0. The zero-order valence-electron chi connectivity index (χ0n) is 11.0. The summed E-state index contributed by atoms with van der Waals surface area (Å²) in [7, 11) is 0. The van der Waals surface area contributed by atoms with E-state index in [1.54, 1.807) is 0 Å². The van der Waals surface area contributed by atoms with E-state index in [1.807, 2.05) is 0 Å². The van der Waals surface area contributed by atoms with Gasteiger partial charge in [-0.05, 0) is 12.8 Å². The van der Waals surface area contributed by atoms with Crippen LogP contribution in [0, 0.1) is 12.3 Å². The summed E-state index contributed by atoms with van der Waals surface area (Å²) in [6.45, 7) is 1.01. The first-order valence-corrected chi connectivity index (χ1v) is 7.14. The number of rotatable bonds is 8. The minimum Gasteiger partial charge on any atom is -0.476 e. The lowest BCUT2D eigenvalue weighted by molar-refractivity contribution is 0.0691. The average molecular weight is 295 g/mol. The minimum atomic E-state index is -1.04. The second-order valence-electron chi connectivity index (χ2n) is 4.03. The molecule has 0 saturated carbocycles. The quantitative estimate of drug-likeness (QED) is 0.500. The molecule has 0 atom stereocenters. The number of thiazole rings is 1. The van der Waals surface area contributed by atoms with Crippen molar-refractivity contribution in [2.75, 3.05) is 13.1 Å². The highest BCUT2D eigenvalue weighted by atomic mass is 32.1. The van der Waals surface area contributed by atoms with Crippen LogP contribution >= 0.6 is 11.3 Å². The molecule has 0 saturated heterocycles. The highest BCUT2D eigenvalue weighted by Gasteiger charge is 2.08. The van der Waals surface area contributed by atoms with Crippen molar-refractivity contribution in [3.63, 3.8) is 0 Å². The molecule has 0 aliphatic rings. The normalized spacial score (nSPS) is 9.75. The Morgan fingerprint density at radius 2 is 2.10 bits per heavy atom. The maximum absolute atomic E-state index is 11.4. The monoisotopic (exact) mass is 295 g/mol. The molecule has 1 aromatic rings. The summed E-state index contributed by atoms with van der Waals surface area (Å²) in [6.07, 6.45) is 8.11. The van der Waals surface area contributed by atoms with Crippen molar-refractivity contribution in [1.82, 2.24) is 15.6 Å². The molecule has 108 valence electrons. The van der Waals surface area contributed by atoms with Crippen molar-refractivity contribution in [3.8, 4) is 12.3 Å². The van der Waals surface area contributed by atoms with Crippen LogP contribution in [0.25, 0.3) is 0 Å². The van der Waals surface area contributed by atoms with Gasteiger partial charge >= 0.3 is 12.0 Å². The molecule has 0 aliphatic carbocycles. The Balaban J connectivity index is 2.12. The molecular weight excluding hydrogens is 278 g/mol. The summed E-state index contributed by atoms with van der Waals surface area (Å²) >= 11 is 1.27. The Morgan fingerprint density at radius 1 is 1.35 bits per heavy atom. The molecule has 0 unspecified atom stereocenters. The number of hydrogen-bond donors (Lipinski definition) is 3. The first-order valence-electron chi connectivity index (χ1n) is 6.26. The van der Waals surface area contributed by atoms with Gasteiger partial charge in [-0.1, -0.05) is 0 Å². The zero-order chi connectivity index (χ0) is 14.8. The van der Waals surface area contributed by atoms with E-state index in [1.165, 1.54) is 16.7 Å². The first kappa shape index (κ1) is 16.0. The van der Waals surface area contributed by atoms with E-state index in [2.05, 4.69) is 21.5 Å². The Hall–Kier alpha value is -2.07. The fourth-order valence-corrected chi connectivity index (χ4v) is 2.20. The number of carbonyl (C=O) groups is 2. The third kappa shape index (κ3) is 6.20. The van der Waals surface area contributed by atoms with Crippen LogP contribution in [-0.4, -0.2) is 35.2 Å². The molecule has 1 aromatic heterocycles. The minimum absolute atomic E-state index is 0.0444. The van der Waals surface area contributed by atoms with E-state index in [0.717, 1.165) is 19.3 Å². The molecule has 0 fully saturated rings. The Morgan fingerprint density at radius 3 is 2.75 bits per heavy atom. The van der Waals surface area contributed by atoms with Crippen LogP contribution in [0.5, 0.6) is 0 Å². The third-order valence-corrected chi connectivity index (χ3v) is 3.34. The van der Waals surface area contributed by atoms with Crippen molar-refractivity contribution in [3.05, 3.63) is 16.1 Å². The van der Waals surface area contributed by atoms with E-state index < -0.39 is 5.97 Å². The number of hydrogen-bond acceptors (Lipinski definition) is 4. The van der Waals surface area contributed by atoms with Crippen molar-refractivity contribution in [1.29, 1.82) is 0 Å². The summed E-state index contributed by atoms with van der Waals surface area (Å²) in [5, 5.41) is 16.3. The number of aromatic nitrogens is 1. The van der Waals surface area contributed by atoms with Crippen molar-refractivity contribution < 1.29 is 14.7 Å². The van der Waals surface area contributed by atoms with E-state index >= 15 is 0 Å². The SMILES string of the molecule is C#CCCCCNC(=O)NCCc1nc(C(=O)O)cs1. The third-order valence-electron chi connectivity index (χ3n) is 2.43. The van der Waals surface area contributed by atoms with Gasteiger partial charge in [0, 0.05) is 31.3 Å². The number of amides is 2. The smallest absolute Gasteiger partial charge is 0.355 e. The van der Waals surface area contributed by atoms with E-state index in [-0.39, 0.29) is 11.7 Å². The van der Waals surface area contributed by atoms with Crippen LogP contribution in [0.1, 0.15) is 34.8 Å². The number of terminal acetylenes is 1. The number of aromatic carboxylic acids is 1. The largest absolute Gasteiger partial charge is 0.476 e. The molecule has 20 heavy (non-hydrogen) atoms. The summed E-state index contributed by atoms with van der Waals surface area (Å²) in [6, 6.07) is -0.235. The number of nitrogens with one attached hydrogen (secondary N) is 2. The molecule has 6 nitrogen and oxygen atoms in total. The van der Waals surface area contributed by atoms with Crippen molar-refractivity contribution in [2.45, 2.75) is 25.7 Å². The standard InChI is InChI=1S/C13H17N3O3S/c1-2-3-4-5-7-14-13(19)15-8-6-11-16-10(9-20-11)12(17)18/h1,9H,3-8H2,(H,17,18)(H2,14,15,19). The maximum Gasteiger partial charge on any atom is 0.355 e. The van der Waals surface area contributed by atoms with Crippen LogP contribution in [0.3, 0.4) is 0 Å². The fourth-order valence-electron chi connectivity index (χ4n) is 1.42. The number of nitrogens with zero attached hydrogens (tertiary/aromatic N) is 1. The Kier molecular flexibility index (Phi) is 7.14. The molecule has 7 heteroatoms. The Bertz CT molecular complexity index is 493. The van der Waals surface area contributed by atoms with Gasteiger partial charge in [0.15, 0.2) is 5.69 Å². The highest BCUT2D eigenvalue weighted by Crippen LogP contribution is 2.09. The lowest BCUT2D eigenvalue weighted by Crippen LogP contribution is -2.37. The topological polar surface area (TPSA) is 91.3 Å². The van der Waals surface area contributed by atoms with Crippen LogP contribution in [0.2, 0.25) is 0 Å². The summed E-state index contributed by atoms with van der Waals surface area (Å²) in [5.41, 5.74) is 0.0444. The second-order valence-corrected chi connectivity index (χ2v) is 4.97. The number of unbranched alkanes of at least 4 members (excludes halogenated alkanes) is 2. The molecule has 0 bridgehead atoms. The predicted octanol–water partition coefficient (Wildman–Crippen LogP) is 1.49. The average Bonchev–Trinajstić information content (AvgIpc) is 2.87. The second kappa shape index (κ2) is 8.93. The molecule has 0 spiro atoms. The number of carboxylic acids is 1. The van der Waals surface area contributed by atoms with E-state index in [4.69, 9.17) is 11.5 Å². The van der Waals surface area contributed by atoms with Gasteiger partial charge in [0.05, 0.1) is 5.01 Å². The van der Waals surface area contributed by atoms with Crippen LogP contribution in [0.15, 0.2) is 5.38 Å². The molecule has 1 heterocycles. The highest BCUT2D eigenvalue weighted by molar-refractivity contribution is 7.09. The van der Waals surface area contributed by atoms with Gasteiger partial charge < -0.3 is 15.7 Å². The van der Waals surface area contributed by atoms with Crippen molar-refractivity contribution >= 4 is 23.3 Å². The first-order chi connectivity index (χ1) is 9.63. The lowest BCUT2D eigenvalue weighted by atomic mass is 10.2. The van der Waals surface area contributed by atoms with Gasteiger partial charge in [-0.25, -0.2) is 14.6 Å². The molecule has 2 amide bonds. The zero-order valence-corrected chi connectivity index (χ0v) is 11.8. The van der Waals surface area contributed by atoms with Gasteiger partial charge in [0.25, 0.3) is 0 Å². The van der Waals surface area contributed by atoms with Crippen LogP contribution in [0.4, 0.5) is 4.79 Å². The van der Waals surface area contributed by atoms with Gasteiger partial charge in [-0.15, -0.1) is 23.7 Å². The Labute approximate surface area is 121 Å². The van der Waals surface area contributed by atoms with E-state index in [0.29, 0.717) is 24.5 Å². The summed E-state index contributed by atoms with van der Waals surface area (Å²) in [4.78, 5) is 26.0. The maximum atomic E-state index is 11.4. The summed E-state index contributed by atoms with van der Waals surface area (Å²) in [5.74, 6) is 1.51. The number of urea groups is 1. The molecule has 3 N–H and O–H groups in total. The molecule has 1 rings (SSSR count). The lowest BCUT2D eigenvalue weighted by Gasteiger charge is -2.06. The number of carboxylic acid groups (broad SMARTS) is 1. The van der Waals surface area contributed by atoms with Crippen LogP contribution in [-0.2, 0) is 6.42 Å².